The highest BCUT2D eigenvalue weighted by Crippen LogP contribution is 2.66. The molecule has 1 aliphatic heterocycles. The number of rotatable bonds is 3. The van der Waals surface area contributed by atoms with Crippen LogP contribution in [0.2, 0.25) is 0 Å². The maximum absolute atomic E-state index is 13.0. The molecule has 1 spiro atoms. The Balaban J connectivity index is 1.34. The van der Waals surface area contributed by atoms with Crippen LogP contribution in [0.5, 0.6) is 5.75 Å². The van der Waals surface area contributed by atoms with Crippen LogP contribution >= 0.6 is 0 Å². The molecule has 0 N–H and O–H groups in total. The SMILES string of the molecule is CN(Cc1ccncc1)C(=O)[C@H]1[C@@H]2CC[C@@]3(CC(=O)c4ccccc4O3)[C@@H]21. The molecule has 138 valence electrons. The van der Waals surface area contributed by atoms with Crippen molar-refractivity contribution in [3.63, 3.8) is 0 Å². The first kappa shape index (κ1) is 16.5. The summed E-state index contributed by atoms with van der Waals surface area (Å²) in [5.41, 5.74) is 1.25. The van der Waals surface area contributed by atoms with Gasteiger partial charge in [-0.15, -0.1) is 0 Å². The largest absolute Gasteiger partial charge is 0.486 e. The van der Waals surface area contributed by atoms with Gasteiger partial charge in [0, 0.05) is 37.8 Å². The first-order valence-corrected chi connectivity index (χ1v) is 9.54. The van der Waals surface area contributed by atoms with Gasteiger partial charge in [0.2, 0.25) is 5.91 Å². The highest BCUT2D eigenvalue weighted by Gasteiger charge is 2.70. The Kier molecular flexibility index (Phi) is 3.61. The molecule has 2 aliphatic carbocycles. The molecule has 2 heterocycles. The van der Waals surface area contributed by atoms with Gasteiger partial charge < -0.3 is 9.64 Å². The second-order valence-electron chi connectivity index (χ2n) is 8.07. The zero-order valence-corrected chi connectivity index (χ0v) is 15.3. The third-order valence-electron chi connectivity index (χ3n) is 6.47. The van der Waals surface area contributed by atoms with Crippen molar-refractivity contribution in [3.8, 4) is 5.75 Å². The monoisotopic (exact) mass is 362 g/mol. The van der Waals surface area contributed by atoms with Crippen molar-refractivity contribution < 1.29 is 14.3 Å². The third kappa shape index (κ3) is 2.56. The number of carbonyl (C=O) groups excluding carboxylic acids is 2. The molecule has 1 amide bonds. The number of benzene rings is 1. The van der Waals surface area contributed by atoms with Crippen LogP contribution < -0.4 is 4.74 Å². The number of hydrogen-bond acceptors (Lipinski definition) is 4. The van der Waals surface area contributed by atoms with E-state index in [1.54, 1.807) is 17.3 Å². The van der Waals surface area contributed by atoms with E-state index < -0.39 is 5.60 Å². The summed E-state index contributed by atoms with van der Waals surface area (Å²) in [6.45, 7) is 0.576. The molecule has 2 fully saturated rings. The molecule has 2 saturated carbocycles. The topological polar surface area (TPSA) is 59.5 Å². The smallest absolute Gasteiger partial charge is 0.226 e. The second-order valence-corrected chi connectivity index (χ2v) is 8.07. The van der Waals surface area contributed by atoms with Crippen molar-refractivity contribution in [2.45, 2.75) is 31.4 Å². The van der Waals surface area contributed by atoms with Gasteiger partial charge in [0.05, 0.1) is 12.0 Å². The number of para-hydroxylation sites is 1. The van der Waals surface area contributed by atoms with Gasteiger partial charge in [-0.05, 0) is 48.6 Å². The van der Waals surface area contributed by atoms with Gasteiger partial charge in [-0.2, -0.15) is 0 Å². The zero-order chi connectivity index (χ0) is 18.6. The van der Waals surface area contributed by atoms with Gasteiger partial charge in [0.1, 0.15) is 11.4 Å². The number of ketones is 1. The second kappa shape index (κ2) is 5.91. The number of hydrogen-bond donors (Lipinski definition) is 0. The lowest BCUT2D eigenvalue weighted by atomic mass is 9.84. The minimum Gasteiger partial charge on any atom is -0.486 e. The molecule has 2 aromatic rings. The molecular formula is C22H22N2O3. The normalized spacial score (nSPS) is 30.4. The predicted molar refractivity (Wildman–Crippen MR) is 99.2 cm³/mol. The molecular weight excluding hydrogens is 340 g/mol. The van der Waals surface area contributed by atoms with E-state index in [1.807, 2.05) is 43.4 Å². The minimum absolute atomic E-state index is 0.0244. The van der Waals surface area contributed by atoms with Crippen LogP contribution in [-0.2, 0) is 11.3 Å². The molecule has 27 heavy (non-hydrogen) atoms. The summed E-state index contributed by atoms with van der Waals surface area (Å²) in [4.78, 5) is 31.5. The van der Waals surface area contributed by atoms with Gasteiger partial charge in [-0.25, -0.2) is 0 Å². The molecule has 1 aromatic heterocycles. The van der Waals surface area contributed by atoms with Gasteiger partial charge >= 0.3 is 0 Å². The average Bonchev–Trinajstić information content (AvgIpc) is 3.32. The Labute approximate surface area is 158 Å². The van der Waals surface area contributed by atoms with Gasteiger partial charge in [0.15, 0.2) is 5.78 Å². The molecule has 5 nitrogen and oxygen atoms in total. The number of nitrogens with zero attached hydrogens (tertiary/aromatic N) is 2. The number of ether oxygens (including phenoxy) is 1. The highest BCUT2D eigenvalue weighted by molar-refractivity contribution is 6.00. The molecule has 0 unspecified atom stereocenters. The van der Waals surface area contributed by atoms with Crippen LogP contribution in [0.1, 0.15) is 35.2 Å². The summed E-state index contributed by atoms with van der Waals surface area (Å²) >= 11 is 0. The molecule has 3 aliphatic rings. The lowest BCUT2D eigenvalue weighted by Gasteiger charge is -2.37. The van der Waals surface area contributed by atoms with Crippen LogP contribution in [-0.4, -0.2) is 34.2 Å². The number of carbonyl (C=O) groups is 2. The van der Waals surface area contributed by atoms with Gasteiger partial charge in [-0.3, -0.25) is 14.6 Å². The van der Waals surface area contributed by atoms with E-state index in [0.29, 0.717) is 30.2 Å². The van der Waals surface area contributed by atoms with Crippen LogP contribution in [0.25, 0.3) is 0 Å². The van der Waals surface area contributed by atoms with Crippen molar-refractivity contribution in [1.29, 1.82) is 0 Å². The Morgan fingerprint density at radius 1 is 1.26 bits per heavy atom. The maximum Gasteiger partial charge on any atom is 0.226 e. The van der Waals surface area contributed by atoms with Crippen molar-refractivity contribution >= 4 is 11.7 Å². The first-order valence-electron chi connectivity index (χ1n) is 9.54. The molecule has 0 saturated heterocycles. The van der Waals surface area contributed by atoms with Gasteiger partial charge in [0.25, 0.3) is 0 Å². The maximum atomic E-state index is 13.0. The van der Waals surface area contributed by atoms with Crippen LogP contribution in [0.3, 0.4) is 0 Å². The summed E-state index contributed by atoms with van der Waals surface area (Å²) in [5, 5.41) is 0. The van der Waals surface area contributed by atoms with E-state index in [0.717, 1.165) is 18.4 Å². The van der Waals surface area contributed by atoms with Crippen LogP contribution in [0.15, 0.2) is 48.8 Å². The first-order chi connectivity index (χ1) is 13.1. The standard InChI is InChI=1S/C22H22N2O3/c1-24(13-14-7-10-23-11-8-14)21(26)19-16-6-9-22(20(16)19)12-17(25)15-4-2-3-5-18(15)27-22/h2-5,7-8,10-11,16,19-20H,6,9,12-13H2,1H3/t16-,19-,20-,22+/m0/s1. The lowest BCUT2D eigenvalue weighted by Crippen LogP contribution is -2.44. The summed E-state index contributed by atoms with van der Waals surface area (Å²) in [7, 11) is 1.85. The summed E-state index contributed by atoms with van der Waals surface area (Å²) < 4.78 is 6.38. The van der Waals surface area contributed by atoms with Gasteiger partial charge in [-0.1, -0.05) is 12.1 Å². The Hall–Kier alpha value is -2.69. The van der Waals surface area contributed by atoms with Crippen molar-refractivity contribution in [2.24, 2.45) is 17.8 Å². The summed E-state index contributed by atoms with van der Waals surface area (Å²) in [5.74, 6) is 1.45. The van der Waals surface area contributed by atoms with Crippen molar-refractivity contribution in [1.82, 2.24) is 9.88 Å². The van der Waals surface area contributed by atoms with E-state index in [2.05, 4.69) is 4.98 Å². The number of aromatic nitrogens is 1. The zero-order valence-electron chi connectivity index (χ0n) is 15.3. The molecule has 5 heteroatoms. The molecule has 0 bridgehead atoms. The summed E-state index contributed by atoms with van der Waals surface area (Å²) in [6.07, 6.45) is 5.70. The van der Waals surface area contributed by atoms with E-state index in [9.17, 15) is 9.59 Å². The van der Waals surface area contributed by atoms with Crippen molar-refractivity contribution in [2.75, 3.05) is 7.05 Å². The number of pyridine rings is 1. The number of Topliss-reactive ketones (excluding diaryl/α,β-unsaturated/α-hetero) is 1. The molecule has 0 radical (unpaired) electrons. The van der Waals surface area contributed by atoms with E-state index >= 15 is 0 Å². The average molecular weight is 362 g/mol. The van der Waals surface area contributed by atoms with E-state index in [4.69, 9.17) is 4.74 Å². The quantitative estimate of drug-likeness (QED) is 0.842. The highest BCUT2D eigenvalue weighted by atomic mass is 16.5. The fourth-order valence-corrected chi connectivity index (χ4v) is 5.19. The van der Waals surface area contributed by atoms with Crippen LogP contribution in [0.4, 0.5) is 0 Å². The Bertz CT molecular complexity index is 913. The fraction of sp³-hybridized carbons (Fsp3) is 0.409. The summed E-state index contributed by atoms with van der Waals surface area (Å²) in [6, 6.07) is 11.3. The molecule has 1 aromatic carbocycles. The number of fused-ring (bicyclic) bond motifs is 3. The minimum atomic E-state index is -0.492. The van der Waals surface area contributed by atoms with Crippen molar-refractivity contribution in [3.05, 3.63) is 59.9 Å². The number of amides is 1. The van der Waals surface area contributed by atoms with Crippen LogP contribution in [0, 0.1) is 17.8 Å². The Morgan fingerprint density at radius 3 is 2.85 bits per heavy atom. The molecule has 5 rings (SSSR count). The Morgan fingerprint density at radius 2 is 2.04 bits per heavy atom. The molecule has 4 atom stereocenters. The lowest BCUT2D eigenvalue weighted by molar-refractivity contribution is -0.133. The third-order valence-corrected chi connectivity index (χ3v) is 6.47. The fourth-order valence-electron chi connectivity index (χ4n) is 5.19. The predicted octanol–water partition coefficient (Wildman–Crippen LogP) is 3.10. The van der Waals surface area contributed by atoms with E-state index in [1.165, 1.54) is 0 Å². The van der Waals surface area contributed by atoms with E-state index in [-0.39, 0.29) is 23.5 Å².